The first-order valence-corrected chi connectivity index (χ1v) is 10.9. The second-order valence-electron chi connectivity index (χ2n) is 7.60. The zero-order valence-corrected chi connectivity index (χ0v) is 18.0. The van der Waals surface area contributed by atoms with Gasteiger partial charge in [0.2, 0.25) is 0 Å². The number of anilines is 1. The molecule has 0 atom stereocenters. The molecule has 7 heteroatoms. The number of aromatic nitrogens is 1. The highest BCUT2D eigenvalue weighted by molar-refractivity contribution is 5.83. The molecular formula is C24H30FN5O. The molecule has 6 nitrogen and oxygen atoms in total. The largest absolute Gasteiger partial charge is 0.378 e. The van der Waals surface area contributed by atoms with Gasteiger partial charge >= 0.3 is 0 Å². The van der Waals surface area contributed by atoms with Gasteiger partial charge in [-0.25, -0.2) is 9.38 Å². The monoisotopic (exact) mass is 423 g/mol. The van der Waals surface area contributed by atoms with E-state index in [1.54, 1.807) is 12.1 Å². The first kappa shape index (κ1) is 21.2. The molecule has 2 heterocycles. The van der Waals surface area contributed by atoms with Crippen LogP contribution in [-0.4, -0.2) is 50.3 Å². The molecule has 1 fully saturated rings. The lowest BCUT2D eigenvalue weighted by molar-refractivity contribution is 0.122. The lowest BCUT2D eigenvalue weighted by atomic mass is 10.1. The summed E-state index contributed by atoms with van der Waals surface area (Å²) in [6.07, 6.45) is 2.73. The van der Waals surface area contributed by atoms with Crippen LogP contribution in [0, 0.1) is 5.82 Å². The molecule has 0 radical (unpaired) electrons. The third-order valence-corrected chi connectivity index (χ3v) is 5.51. The maximum Gasteiger partial charge on any atom is 0.191 e. The highest BCUT2D eigenvalue weighted by Gasteiger charge is 2.14. The molecule has 0 amide bonds. The van der Waals surface area contributed by atoms with Gasteiger partial charge in [0.1, 0.15) is 5.82 Å². The maximum absolute atomic E-state index is 13.6. The highest BCUT2D eigenvalue weighted by atomic mass is 19.1. The van der Waals surface area contributed by atoms with Gasteiger partial charge in [-0.15, -0.1) is 0 Å². The van der Waals surface area contributed by atoms with Crippen LogP contribution < -0.4 is 15.5 Å². The lowest BCUT2D eigenvalue weighted by Crippen LogP contribution is -2.38. The summed E-state index contributed by atoms with van der Waals surface area (Å²) < 4.78 is 19.1. The standard InChI is InChI=1S/C24H30FN5O/c1-2-26-24(27-10-9-18-16-28-22-8-7-20(25)15-21(18)22)29-17-19-5-3-4-6-23(19)30-11-13-31-14-12-30/h3-8,15-16,28H,2,9-14,17H2,1H3,(H2,26,27,29). The minimum Gasteiger partial charge on any atom is -0.378 e. The molecule has 0 spiro atoms. The van der Waals surface area contributed by atoms with Gasteiger partial charge < -0.3 is 25.3 Å². The van der Waals surface area contributed by atoms with Gasteiger partial charge in [0.05, 0.1) is 19.8 Å². The van der Waals surface area contributed by atoms with Gasteiger partial charge in [-0.1, -0.05) is 18.2 Å². The highest BCUT2D eigenvalue weighted by Crippen LogP contribution is 2.22. The summed E-state index contributed by atoms with van der Waals surface area (Å²) >= 11 is 0. The summed E-state index contributed by atoms with van der Waals surface area (Å²) in [5.41, 5.74) is 4.48. The second-order valence-corrected chi connectivity index (χ2v) is 7.60. The molecule has 31 heavy (non-hydrogen) atoms. The van der Waals surface area contributed by atoms with Crippen LogP contribution in [0.3, 0.4) is 0 Å². The third kappa shape index (κ3) is 5.35. The van der Waals surface area contributed by atoms with Crippen molar-refractivity contribution in [2.45, 2.75) is 19.9 Å². The van der Waals surface area contributed by atoms with Crippen molar-refractivity contribution in [3.63, 3.8) is 0 Å². The predicted molar refractivity (Wildman–Crippen MR) is 124 cm³/mol. The van der Waals surface area contributed by atoms with E-state index in [-0.39, 0.29) is 5.82 Å². The van der Waals surface area contributed by atoms with Crippen LogP contribution >= 0.6 is 0 Å². The van der Waals surface area contributed by atoms with Crippen LogP contribution in [-0.2, 0) is 17.7 Å². The number of halogens is 1. The number of hydrogen-bond acceptors (Lipinski definition) is 3. The van der Waals surface area contributed by atoms with Gasteiger partial charge in [0.25, 0.3) is 0 Å². The number of para-hydroxylation sites is 1. The molecule has 2 aromatic carbocycles. The Bertz CT molecular complexity index is 1030. The number of H-pyrrole nitrogens is 1. The fraction of sp³-hybridized carbons (Fsp3) is 0.375. The number of nitrogens with one attached hydrogen (secondary N) is 3. The zero-order chi connectivity index (χ0) is 21.5. The van der Waals surface area contributed by atoms with E-state index in [0.29, 0.717) is 13.1 Å². The topological polar surface area (TPSA) is 64.7 Å². The van der Waals surface area contributed by atoms with Crippen molar-refractivity contribution in [3.05, 3.63) is 65.6 Å². The van der Waals surface area contributed by atoms with Crippen molar-refractivity contribution in [2.24, 2.45) is 4.99 Å². The summed E-state index contributed by atoms with van der Waals surface area (Å²) in [5.74, 6) is 0.570. The Kier molecular flexibility index (Phi) is 7.04. The number of guanidine groups is 1. The van der Waals surface area contributed by atoms with Crippen LogP contribution in [0.2, 0.25) is 0 Å². The first-order chi connectivity index (χ1) is 15.2. The van der Waals surface area contributed by atoms with E-state index in [1.165, 1.54) is 17.3 Å². The Morgan fingerprint density at radius 2 is 1.97 bits per heavy atom. The molecule has 0 aliphatic carbocycles. The summed E-state index contributed by atoms with van der Waals surface area (Å²) in [5, 5.41) is 7.65. The average Bonchev–Trinajstić information content (AvgIpc) is 3.20. The molecule has 0 unspecified atom stereocenters. The van der Waals surface area contributed by atoms with Crippen molar-refractivity contribution in [1.82, 2.24) is 15.6 Å². The number of aliphatic imine (C=N–C) groups is 1. The van der Waals surface area contributed by atoms with Gasteiger partial charge in [-0.05, 0) is 48.7 Å². The molecular weight excluding hydrogens is 393 g/mol. The Morgan fingerprint density at radius 1 is 1.13 bits per heavy atom. The normalized spacial score (nSPS) is 14.8. The van der Waals surface area contributed by atoms with E-state index in [4.69, 9.17) is 9.73 Å². The average molecular weight is 424 g/mol. The maximum atomic E-state index is 13.6. The molecule has 1 aliphatic heterocycles. The van der Waals surface area contributed by atoms with E-state index >= 15 is 0 Å². The molecule has 1 aromatic heterocycles. The van der Waals surface area contributed by atoms with Crippen molar-refractivity contribution in [3.8, 4) is 0 Å². The van der Waals surface area contributed by atoms with Crippen molar-refractivity contribution >= 4 is 22.5 Å². The number of benzene rings is 2. The molecule has 164 valence electrons. The molecule has 3 aromatic rings. The fourth-order valence-corrected chi connectivity index (χ4v) is 3.94. The Labute approximate surface area is 182 Å². The number of hydrogen-bond donors (Lipinski definition) is 3. The minimum absolute atomic E-state index is 0.213. The van der Waals surface area contributed by atoms with Crippen LogP contribution in [0.15, 0.2) is 53.7 Å². The quantitative estimate of drug-likeness (QED) is 0.402. The van der Waals surface area contributed by atoms with Gasteiger partial charge in [-0.2, -0.15) is 0 Å². The number of nitrogens with zero attached hydrogens (tertiary/aromatic N) is 2. The lowest BCUT2D eigenvalue weighted by Gasteiger charge is -2.30. The summed E-state index contributed by atoms with van der Waals surface area (Å²) in [6.45, 7) is 7.49. The van der Waals surface area contributed by atoms with Crippen LogP contribution in [0.4, 0.5) is 10.1 Å². The van der Waals surface area contributed by atoms with Gasteiger partial charge in [0.15, 0.2) is 5.96 Å². The fourth-order valence-electron chi connectivity index (χ4n) is 3.94. The zero-order valence-electron chi connectivity index (χ0n) is 18.0. The van der Waals surface area contributed by atoms with E-state index < -0.39 is 0 Å². The molecule has 1 aliphatic rings. The number of rotatable bonds is 7. The van der Waals surface area contributed by atoms with E-state index in [1.807, 2.05) is 6.20 Å². The molecule has 4 rings (SSSR count). The van der Waals surface area contributed by atoms with E-state index in [9.17, 15) is 4.39 Å². The Morgan fingerprint density at radius 3 is 2.81 bits per heavy atom. The number of ether oxygens (including phenoxy) is 1. The third-order valence-electron chi connectivity index (χ3n) is 5.51. The van der Waals surface area contributed by atoms with Crippen LogP contribution in [0.25, 0.3) is 10.9 Å². The van der Waals surface area contributed by atoms with Gasteiger partial charge in [0, 0.05) is 49.0 Å². The number of aromatic amines is 1. The Balaban J connectivity index is 1.40. The number of morpholine rings is 1. The molecule has 0 saturated carbocycles. The molecule has 0 bridgehead atoms. The Hall–Kier alpha value is -3.06. The van der Waals surface area contributed by atoms with Crippen molar-refractivity contribution in [1.29, 1.82) is 0 Å². The summed E-state index contributed by atoms with van der Waals surface area (Å²) in [4.78, 5) is 10.4. The smallest absolute Gasteiger partial charge is 0.191 e. The molecule has 3 N–H and O–H groups in total. The summed E-state index contributed by atoms with van der Waals surface area (Å²) in [7, 11) is 0. The minimum atomic E-state index is -0.213. The van der Waals surface area contributed by atoms with Gasteiger partial charge in [-0.3, -0.25) is 0 Å². The van der Waals surface area contributed by atoms with E-state index in [0.717, 1.165) is 61.7 Å². The van der Waals surface area contributed by atoms with E-state index in [2.05, 4.69) is 51.7 Å². The number of fused-ring (bicyclic) bond motifs is 1. The molecule has 1 saturated heterocycles. The second kappa shape index (κ2) is 10.3. The summed E-state index contributed by atoms with van der Waals surface area (Å²) in [6, 6.07) is 13.3. The van der Waals surface area contributed by atoms with Crippen molar-refractivity contribution < 1.29 is 9.13 Å². The van der Waals surface area contributed by atoms with Crippen LogP contribution in [0.1, 0.15) is 18.1 Å². The SMILES string of the molecule is CCNC(=NCc1ccccc1N1CCOCC1)NCCc1c[nH]c2ccc(F)cc12. The van der Waals surface area contributed by atoms with Crippen LogP contribution in [0.5, 0.6) is 0 Å². The first-order valence-electron chi connectivity index (χ1n) is 10.9. The predicted octanol–water partition coefficient (Wildman–Crippen LogP) is 3.44. The van der Waals surface area contributed by atoms with Crippen molar-refractivity contribution in [2.75, 3.05) is 44.3 Å².